The average Bonchev–Trinajstić information content (AvgIpc) is 2.73. The lowest BCUT2D eigenvalue weighted by molar-refractivity contribution is 0.102. The number of benzene rings is 3. The predicted molar refractivity (Wildman–Crippen MR) is 120 cm³/mol. The molecule has 0 aromatic heterocycles. The molecular weight excluding hydrogens is 422 g/mol. The van der Waals surface area contributed by atoms with Gasteiger partial charge in [-0.15, -0.1) is 0 Å². The lowest BCUT2D eigenvalue weighted by atomic mass is 10.1. The number of hydrogen-bond donors (Lipinski definition) is 2. The van der Waals surface area contributed by atoms with Crippen molar-refractivity contribution in [3.8, 4) is 0 Å². The minimum Gasteiger partial charge on any atom is -0.322 e. The Morgan fingerprint density at radius 3 is 2.03 bits per heavy atom. The van der Waals surface area contributed by atoms with Crippen LogP contribution in [0, 0.1) is 6.92 Å². The number of nitrogens with one attached hydrogen (secondary N) is 2. The summed E-state index contributed by atoms with van der Waals surface area (Å²) < 4.78 is 24.7. The highest BCUT2D eigenvalue weighted by atomic mass is 35.5. The third-order valence-electron chi connectivity index (χ3n) is 4.33. The molecule has 0 saturated carbocycles. The number of aryl methyl sites for hydroxylation is 1. The van der Waals surface area contributed by atoms with Gasteiger partial charge in [0.2, 0.25) is 0 Å². The Morgan fingerprint density at radius 2 is 1.43 bits per heavy atom. The minimum absolute atomic E-state index is 0.143. The molecular formula is C22H20ClN3O3S. The van der Waals surface area contributed by atoms with E-state index in [1.54, 1.807) is 67.6 Å². The second-order valence-electron chi connectivity index (χ2n) is 6.64. The summed E-state index contributed by atoms with van der Waals surface area (Å²) in [5.41, 5.74) is 3.27. The maximum Gasteiger partial charge on any atom is 0.276 e. The van der Waals surface area contributed by atoms with Crippen LogP contribution in [0.5, 0.6) is 0 Å². The number of halogens is 1. The Hall–Kier alpha value is -3.16. The van der Waals surface area contributed by atoms with Crippen molar-refractivity contribution in [3.63, 3.8) is 0 Å². The Balaban J connectivity index is 1.66. The Bertz CT molecular complexity index is 1170. The van der Waals surface area contributed by atoms with Gasteiger partial charge in [-0.1, -0.05) is 41.4 Å². The Labute approximate surface area is 180 Å². The lowest BCUT2D eigenvalue weighted by Gasteiger charge is -2.08. The van der Waals surface area contributed by atoms with Crippen LogP contribution in [0.3, 0.4) is 0 Å². The van der Waals surface area contributed by atoms with E-state index in [1.165, 1.54) is 12.1 Å². The van der Waals surface area contributed by atoms with Crippen molar-refractivity contribution in [3.05, 3.63) is 94.5 Å². The second-order valence-corrected chi connectivity index (χ2v) is 8.74. The summed E-state index contributed by atoms with van der Waals surface area (Å²) >= 11 is 5.83. The molecule has 8 heteroatoms. The first-order valence-corrected chi connectivity index (χ1v) is 10.9. The molecule has 0 heterocycles. The van der Waals surface area contributed by atoms with Crippen LogP contribution in [0.2, 0.25) is 5.02 Å². The number of carbonyl (C=O) groups is 1. The Morgan fingerprint density at radius 1 is 0.867 bits per heavy atom. The van der Waals surface area contributed by atoms with Gasteiger partial charge in [0, 0.05) is 16.3 Å². The number of sulfonamides is 1. The first-order valence-electron chi connectivity index (χ1n) is 9.05. The third-order valence-corrected chi connectivity index (χ3v) is 5.81. The molecule has 154 valence electrons. The molecule has 0 atom stereocenters. The van der Waals surface area contributed by atoms with Crippen LogP contribution < -0.4 is 10.1 Å². The van der Waals surface area contributed by atoms with Crippen LogP contribution in [-0.2, 0) is 10.0 Å². The zero-order valence-corrected chi connectivity index (χ0v) is 18.0. The smallest absolute Gasteiger partial charge is 0.276 e. The van der Waals surface area contributed by atoms with E-state index in [4.69, 9.17) is 11.6 Å². The van der Waals surface area contributed by atoms with Crippen LogP contribution in [0.25, 0.3) is 0 Å². The molecule has 0 aliphatic heterocycles. The van der Waals surface area contributed by atoms with E-state index in [-0.39, 0.29) is 10.8 Å². The summed E-state index contributed by atoms with van der Waals surface area (Å²) in [6, 6.07) is 20.0. The predicted octanol–water partition coefficient (Wildman–Crippen LogP) is 4.60. The molecule has 0 bridgehead atoms. The molecule has 2 N–H and O–H groups in total. The van der Waals surface area contributed by atoms with Crippen molar-refractivity contribution >= 4 is 38.9 Å². The fourth-order valence-corrected chi connectivity index (χ4v) is 3.55. The summed E-state index contributed by atoms with van der Waals surface area (Å²) in [4.78, 5) is 14.6. The lowest BCUT2D eigenvalue weighted by Crippen LogP contribution is -2.20. The molecule has 0 saturated heterocycles. The zero-order valence-electron chi connectivity index (χ0n) is 16.4. The van der Waals surface area contributed by atoms with Crippen LogP contribution in [-0.4, -0.2) is 20.0 Å². The first kappa shape index (κ1) is 21.5. The molecule has 0 unspecified atom stereocenters. The number of hydrogen-bond acceptors (Lipinski definition) is 4. The van der Waals surface area contributed by atoms with Gasteiger partial charge >= 0.3 is 0 Å². The van der Waals surface area contributed by atoms with Gasteiger partial charge in [0.1, 0.15) is 0 Å². The van der Waals surface area contributed by atoms with Crippen LogP contribution in [0.4, 0.5) is 5.69 Å². The maximum atomic E-state index is 12.3. The van der Waals surface area contributed by atoms with Crippen molar-refractivity contribution in [2.75, 3.05) is 5.32 Å². The third kappa shape index (κ3) is 5.46. The van der Waals surface area contributed by atoms with Crippen molar-refractivity contribution in [2.45, 2.75) is 18.7 Å². The number of amides is 1. The largest absolute Gasteiger partial charge is 0.322 e. The average molecular weight is 442 g/mol. The molecule has 3 aromatic carbocycles. The van der Waals surface area contributed by atoms with E-state index in [0.717, 1.165) is 5.56 Å². The van der Waals surface area contributed by atoms with Crippen molar-refractivity contribution < 1.29 is 13.2 Å². The van der Waals surface area contributed by atoms with Gasteiger partial charge in [0.25, 0.3) is 15.9 Å². The highest BCUT2D eigenvalue weighted by Gasteiger charge is 2.13. The van der Waals surface area contributed by atoms with Gasteiger partial charge in [-0.2, -0.15) is 18.4 Å². The van der Waals surface area contributed by atoms with E-state index in [1.807, 2.05) is 6.92 Å². The fraction of sp³-hybridized carbons (Fsp3) is 0.0909. The molecule has 30 heavy (non-hydrogen) atoms. The van der Waals surface area contributed by atoms with Gasteiger partial charge in [0.15, 0.2) is 0 Å². The highest BCUT2D eigenvalue weighted by molar-refractivity contribution is 7.89. The van der Waals surface area contributed by atoms with Crippen LogP contribution in [0.1, 0.15) is 28.4 Å². The minimum atomic E-state index is -3.74. The quantitative estimate of drug-likeness (QED) is 0.432. The van der Waals surface area contributed by atoms with E-state index in [0.29, 0.717) is 27.5 Å². The van der Waals surface area contributed by atoms with E-state index in [2.05, 4.69) is 15.2 Å². The fourth-order valence-electron chi connectivity index (χ4n) is 2.56. The van der Waals surface area contributed by atoms with Gasteiger partial charge < -0.3 is 5.32 Å². The topological polar surface area (TPSA) is 87.6 Å². The van der Waals surface area contributed by atoms with Crippen LogP contribution in [0.15, 0.2) is 82.8 Å². The number of carbonyl (C=O) groups excluding carboxylic acids is 1. The molecule has 3 aromatic rings. The Kier molecular flexibility index (Phi) is 6.54. The summed E-state index contributed by atoms with van der Waals surface area (Å²) in [5, 5.41) is 7.34. The first-order chi connectivity index (χ1) is 14.2. The van der Waals surface area contributed by atoms with Crippen molar-refractivity contribution in [1.29, 1.82) is 0 Å². The van der Waals surface area contributed by atoms with Crippen molar-refractivity contribution in [1.82, 2.24) is 4.83 Å². The highest BCUT2D eigenvalue weighted by Crippen LogP contribution is 2.15. The summed E-state index contributed by atoms with van der Waals surface area (Å²) in [6.07, 6.45) is 0. The molecule has 1 amide bonds. The van der Waals surface area contributed by atoms with Crippen molar-refractivity contribution in [2.24, 2.45) is 5.10 Å². The molecule has 0 aliphatic rings. The van der Waals surface area contributed by atoms with E-state index < -0.39 is 10.0 Å². The molecule has 0 aliphatic carbocycles. The molecule has 6 nitrogen and oxygen atoms in total. The summed E-state index contributed by atoms with van der Waals surface area (Å²) in [6.45, 7) is 3.58. The van der Waals surface area contributed by atoms with Gasteiger partial charge in [-0.05, 0) is 67.9 Å². The second kappa shape index (κ2) is 9.11. The van der Waals surface area contributed by atoms with Gasteiger partial charge in [0.05, 0.1) is 10.6 Å². The standard InChI is InChI=1S/C22H20ClN3O3S/c1-15-3-13-21(14-4-15)30(28,29)26-25-16(2)17-7-11-20(12-8-17)24-22(27)18-5-9-19(23)10-6-18/h3-14,26H,1-2H3,(H,24,27)/b25-16+. The summed E-state index contributed by atoms with van der Waals surface area (Å²) in [7, 11) is -3.74. The van der Waals surface area contributed by atoms with E-state index in [9.17, 15) is 13.2 Å². The number of nitrogens with zero attached hydrogens (tertiary/aromatic N) is 1. The van der Waals surface area contributed by atoms with Crippen LogP contribution >= 0.6 is 11.6 Å². The molecule has 0 fully saturated rings. The molecule has 3 rings (SSSR count). The monoisotopic (exact) mass is 441 g/mol. The number of anilines is 1. The number of hydrazone groups is 1. The SMILES string of the molecule is C/C(=N\NS(=O)(=O)c1ccc(C)cc1)c1ccc(NC(=O)c2ccc(Cl)cc2)cc1. The molecule has 0 spiro atoms. The summed E-state index contributed by atoms with van der Waals surface area (Å²) in [5.74, 6) is -0.254. The molecule has 0 radical (unpaired) electrons. The van der Waals surface area contributed by atoms with Gasteiger partial charge in [-0.3, -0.25) is 4.79 Å². The van der Waals surface area contributed by atoms with E-state index >= 15 is 0 Å². The van der Waals surface area contributed by atoms with Gasteiger partial charge in [-0.25, -0.2) is 0 Å². The maximum absolute atomic E-state index is 12.3. The number of rotatable bonds is 6. The normalized spacial score (nSPS) is 11.8. The zero-order chi connectivity index (χ0) is 21.7.